The summed E-state index contributed by atoms with van der Waals surface area (Å²) in [5.74, 6) is 0.831. The lowest BCUT2D eigenvalue weighted by Gasteiger charge is -2.24. The first-order valence-electron chi connectivity index (χ1n) is 7.02. The first-order valence-corrected chi connectivity index (χ1v) is 7.02. The summed E-state index contributed by atoms with van der Waals surface area (Å²) >= 11 is 0. The van der Waals surface area contributed by atoms with Gasteiger partial charge in [-0.1, -0.05) is 29.8 Å². The summed E-state index contributed by atoms with van der Waals surface area (Å²) < 4.78 is 5.15. The van der Waals surface area contributed by atoms with Crippen molar-refractivity contribution in [1.29, 1.82) is 0 Å². The molecular formula is C16H25NO. The van der Waals surface area contributed by atoms with Crippen LogP contribution in [0.25, 0.3) is 0 Å². The van der Waals surface area contributed by atoms with Crippen LogP contribution in [-0.4, -0.2) is 19.8 Å². The second-order valence-corrected chi connectivity index (χ2v) is 5.57. The van der Waals surface area contributed by atoms with Crippen molar-refractivity contribution in [1.82, 2.24) is 5.32 Å². The highest BCUT2D eigenvalue weighted by Gasteiger charge is 2.32. The molecule has 0 aliphatic heterocycles. The van der Waals surface area contributed by atoms with E-state index in [1.54, 1.807) is 7.11 Å². The number of methoxy groups -OCH3 is 1. The SMILES string of the molecule is COCCC(C)NC(c1ccc(C)cc1)C1CC1. The first kappa shape index (κ1) is 13.6. The number of ether oxygens (including phenoxy) is 1. The number of hydrogen-bond donors (Lipinski definition) is 1. The minimum atomic E-state index is 0.511. The molecule has 0 spiro atoms. The molecule has 2 atom stereocenters. The van der Waals surface area contributed by atoms with Crippen molar-refractivity contribution in [2.24, 2.45) is 5.92 Å². The Morgan fingerprint density at radius 3 is 2.50 bits per heavy atom. The fourth-order valence-corrected chi connectivity index (χ4v) is 2.39. The highest BCUT2D eigenvalue weighted by molar-refractivity contribution is 5.25. The molecule has 2 nitrogen and oxygen atoms in total. The second kappa shape index (κ2) is 6.35. The molecule has 18 heavy (non-hydrogen) atoms. The van der Waals surface area contributed by atoms with Crippen LogP contribution in [-0.2, 0) is 4.74 Å². The van der Waals surface area contributed by atoms with Crippen LogP contribution in [0.5, 0.6) is 0 Å². The molecule has 100 valence electrons. The van der Waals surface area contributed by atoms with Crippen LogP contribution in [0.1, 0.15) is 43.4 Å². The maximum absolute atomic E-state index is 5.15. The fraction of sp³-hybridized carbons (Fsp3) is 0.625. The average molecular weight is 247 g/mol. The Morgan fingerprint density at radius 1 is 1.28 bits per heavy atom. The molecule has 0 aromatic heterocycles. The highest BCUT2D eigenvalue weighted by Crippen LogP contribution is 2.41. The predicted octanol–water partition coefficient (Wildman–Crippen LogP) is 3.46. The van der Waals surface area contributed by atoms with Gasteiger partial charge in [0, 0.05) is 25.8 Å². The summed E-state index contributed by atoms with van der Waals surface area (Å²) in [7, 11) is 1.77. The monoisotopic (exact) mass is 247 g/mol. The minimum absolute atomic E-state index is 0.511. The molecule has 1 aromatic rings. The maximum atomic E-state index is 5.15. The van der Waals surface area contributed by atoms with Crippen LogP contribution in [0.4, 0.5) is 0 Å². The standard InChI is InChI=1S/C16H25NO/c1-12-4-6-14(7-5-12)16(15-8-9-15)17-13(2)10-11-18-3/h4-7,13,15-17H,8-11H2,1-3H3. The summed E-state index contributed by atoms with van der Waals surface area (Å²) in [6, 6.07) is 10.0. The van der Waals surface area contributed by atoms with Crippen LogP contribution < -0.4 is 5.32 Å². The summed E-state index contributed by atoms with van der Waals surface area (Å²) in [4.78, 5) is 0. The van der Waals surface area contributed by atoms with Crippen molar-refractivity contribution >= 4 is 0 Å². The van der Waals surface area contributed by atoms with Crippen LogP contribution in [0.3, 0.4) is 0 Å². The van der Waals surface area contributed by atoms with E-state index in [1.807, 2.05) is 0 Å². The molecular weight excluding hydrogens is 222 g/mol. The third kappa shape index (κ3) is 3.82. The van der Waals surface area contributed by atoms with Gasteiger partial charge in [-0.3, -0.25) is 0 Å². The number of hydrogen-bond acceptors (Lipinski definition) is 2. The Morgan fingerprint density at radius 2 is 1.94 bits per heavy atom. The van der Waals surface area contributed by atoms with Gasteiger partial charge in [0.15, 0.2) is 0 Å². The molecule has 0 heterocycles. The molecule has 2 unspecified atom stereocenters. The number of aryl methyl sites for hydroxylation is 1. The molecule has 1 aliphatic carbocycles. The van der Waals surface area contributed by atoms with E-state index in [9.17, 15) is 0 Å². The predicted molar refractivity (Wildman–Crippen MR) is 75.7 cm³/mol. The zero-order chi connectivity index (χ0) is 13.0. The quantitative estimate of drug-likeness (QED) is 0.796. The van der Waals surface area contributed by atoms with Gasteiger partial charge >= 0.3 is 0 Å². The van der Waals surface area contributed by atoms with Crippen molar-refractivity contribution in [2.75, 3.05) is 13.7 Å². The molecule has 0 bridgehead atoms. The van der Waals surface area contributed by atoms with Gasteiger partial charge in [0.25, 0.3) is 0 Å². The Hall–Kier alpha value is -0.860. The Labute approximate surface area is 111 Å². The second-order valence-electron chi connectivity index (χ2n) is 5.57. The fourth-order valence-electron chi connectivity index (χ4n) is 2.39. The Bertz CT molecular complexity index is 356. The highest BCUT2D eigenvalue weighted by atomic mass is 16.5. The van der Waals surface area contributed by atoms with Crippen LogP contribution in [0.15, 0.2) is 24.3 Å². The van der Waals surface area contributed by atoms with Gasteiger partial charge in [0.1, 0.15) is 0 Å². The van der Waals surface area contributed by atoms with E-state index in [4.69, 9.17) is 4.74 Å². The smallest absolute Gasteiger partial charge is 0.0476 e. The van der Waals surface area contributed by atoms with Gasteiger partial charge in [-0.15, -0.1) is 0 Å². The van der Waals surface area contributed by atoms with E-state index < -0.39 is 0 Å². The summed E-state index contributed by atoms with van der Waals surface area (Å²) in [5.41, 5.74) is 2.77. The van der Waals surface area contributed by atoms with E-state index in [0.29, 0.717) is 12.1 Å². The van der Waals surface area contributed by atoms with Crippen molar-refractivity contribution in [3.05, 3.63) is 35.4 Å². The van der Waals surface area contributed by atoms with E-state index in [0.717, 1.165) is 18.9 Å². The Kier molecular flexibility index (Phi) is 4.79. The molecule has 1 aromatic carbocycles. The zero-order valence-electron chi connectivity index (χ0n) is 11.8. The minimum Gasteiger partial charge on any atom is -0.385 e. The van der Waals surface area contributed by atoms with E-state index in [-0.39, 0.29) is 0 Å². The molecule has 1 aliphatic rings. The van der Waals surface area contributed by atoms with E-state index in [2.05, 4.69) is 43.4 Å². The maximum Gasteiger partial charge on any atom is 0.0476 e. The van der Waals surface area contributed by atoms with E-state index >= 15 is 0 Å². The lowest BCUT2D eigenvalue weighted by Crippen LogP contribution is -2.32. The largest absolute Gasteiger partial charge is 0.385 e. The average Bonchev–Trinajstić information content (AvgIpc) is 3.19. The molecule has 2 heteroatoms. The van der Waals surface area contributed by atoms with Gasteiger partial charge in [0.2, 0.25) is 0 Å². The third-order valence-corrected chi connectivity index (χ3v) is 3.75. The normalized spacial score (nSPS) is 18.6. The summed E-state index contributed by atoms with van der Waals surface area (Å²) in [6.07, 6.45) is 3.80. The molecule has 1 N–H and O–H groups in total. The van der Waals surface area contributed by atoms with Crippen molar-refractivity contribution in [3.63, 3.8) is 0 Å². The van der Waals surface area contributed by atoms with Crippen LogP contribution in [0, 0.1) is 12.8 Å². The van der Waals surface area contributed by atoms with Crippen LogP contribution in [0.2, 0.25) is 0 Å². The van der Waals surface area contributed by atoms with Gasteiger partial charge in [-0.25, -0.2) is 0 Å². The molecule has 1 fully saturated rings. The topological polar surface area (TPSA) is 21.3 Å². The molecule has 0 saturated heterocycles. The van der Waals surface area contributed by atoms with Crippen LogP contribution >= 0.6 is 0 Å². The number of nitrogens with one attached hydrogen (secondary N) is 1. The van der Waals surface area contributed by atoms with E-state index in [1.165, 1.54) is 24.0 Å². The third-order valence-electron chi connectivity index (χ3n) is 3.75. The van der Waals surface area contributed by atoms with Gasteiger partial charge in [-0.05, 0) is 44.6 Å². The lowest BCUT2D eigenvalue weighted by molar-refractivity contribution is 0.181. The van der Waals surface area contributed by atoms with Crippen molar-refractivity contribution in [2.45, 2.75) is 45.2 Å². The zero-order valence-corrected chi connectivity index (χ0v) is 11.8. The summed E-state index contributed by atoms with van der Waals surface area (Å²) in [6.45, 7) is 5.23. The van der Waals surface area contributed by atoms with Gasteiger partial charge in [0.05, 0.1) is 0 Å². The molecule has 2 rings (SSSR count). The lowest BCUT2D eigenvalue weighted by atomic mass is 10.00. The van der Waals surface area contributed by atoms with Crippen molar-refractivity contribution < 1.29 is 4.74 Å². The number of rotatable bonds is 7. The Balaban J connectivity index is 1.97. The first-order chi connectivity index (χ1) is 8.70. The molecule has 1 saturated carbocycles. The molecule has 0 radical (unpaired) electrons. The summed E-state index contributed by atoms with van der Waals surface area (Å²) in [5, 5.41) is 3.77. The number of benzene rings is 1. The van der Waals surface area contributed by atoms with Gasteiger partial charge in [-0.2, -0.15) is 0 Å². The molecule has 0 amide bonds. The van der Waals surface area contributed by atoms with Crippen molar-refractivity contribution in [3.8, 4) is 0 Å². The van der Waals surface area contributed by atoms with Gasteiger partial charge < -0.3 is 10.1 Å².